The van der Waals surface area contributed by atoms with Crippen LogP contribution in [0.5, 0.6) is 11.5 Å². The Kier molecular flexibility index (Phi) is 5.26. The van der Waals surface area contributed by atoms with Crippen molar-refractivity contribution >= 4 is 15.9 Å². The minimum absolute atomic E-state index is 0.0526. The second-order valence-corrected chi connectivity index (χ2v) is 5.94. The highest BCUT2D eigenvalue weighted by atomic mass is 79.9. The van der Waals surface area contributed by atoms with E-state index >= 15 is 0 Å². The van der Waals surface area contributed by atoms with Crippen LogP contribution in [0.4, 0.5) is 0 Å². The van der Waals surface area contributed by atoms with Crippen LogP contribution in [0.1, 0.15) is 29.7 Å². The van der Waals surface area contributed by atoms with Gasteiger partial charge in [-0.3, -0.25) is 0 Å². The Bertz CT molecular complexity index is 626. The molecule has 0 aliphatic heterocycles. The Morgan fingerprint density at radius 2 is 1.90 bits per heavy atom. The Balaban J connectivity index is 2.16. The molecule has 0 aliphatic carbocycles. The second-order valence-electron chi connectivity index (χ2n) is 5.09. The van der Waals surface area contributed by atoms with Crippen molar-refractivity contribution < 1.29 is 9.47 Å². The Morgan fingerprint density at radius 1 is 1.14 bits per heavy atom. The number of rotatable bonds is 5. The Hall–Kier alpha value is -1.52. The molecule has 0 aromatic heterocycles. The average molecular weight is 350 g/mol. The van der Waals surface area contributed by atoms with Crippen molar-refractivity contribution in [3.63, 3.8) is 0 Å². The molecule has 0 bridgehead atoms. The number of nitrogens with two attached hydrogens (primary N) is 1. The molecule has 0 saturated carbocycles. The number of aryl methyl sites for hydroxylation is 1. The van der Waals surface area contributed by atoms with Crippen LogP contribution in [0.2, 0.25) is 0 Å². The molecule has 0 amide bonds. The first-order valence-electron chi connectivity index (χ1n) is 6.82. The maximum absolute atomic E-state index is 5.99. The van der Waals surface area contributed by atoms with Gasteiger partial charge in [0.1, 0.15) is 18.1 Å². The summed E-state index contributed by atoms with van der Waals surface area (Å²) in [5, 5.41) is 0. The molecule has 3 nitrogen and oxygen atoms in total. The van der Waals surface area contributed by atoms with Gasteiger partial charge in [0, 0.05) is 11.6 Å². The third kappa shape index (κ3) is 3.99. The molecule has 21 heavy (non-hydrogen) atoms. The predicted octanol–water partition coefficient (Wildman–Crippen LogP) is 4.36. The van der Waals surface area contributed by atoms with Crippen molar-refractivity contribution in [2.45, 2.75) is 26.5 Å². The van der Waals surface area contributed by atoms with Gasteiger partial charge in [-0.15, -0.1) is 0 Å². The predicted molar refractivity (Wildman–Crippen MR) is 88.8 cm³/mol. The molecule has 0 radical (unpaired) electrons. The average Bonchev–Trinajstić information content (AvgIpc) is 2.45. The monoisotopic (exact) mass is 349 g/mol. The van der Waals surface area contributed by atoms with E-state index in [1.54, 1.807) is 7.11 Å². The van der Waals surface area contributed by atoms with Crippen molar-refractivity contribution in [3.8, 4) is 11.5 Å². The number of hydrogen-bond donors (Lipinski definition) is 1. The molecule has 0 unspecified atom stereocenters. The summed E-state index contributed by atoms with van der Waals surface area (Å²) >= 11 is 3.48. The van der Waals surface area contributed by atoms with E-state index < -0.39 is 0 Å². The van der Waals surface area contributed by atoms with Gasteiger partial charge < -0.3 is 15.2 Å². The molecule has 112 valence electrons. The van der Waals surface area contributed by atoms with Crippen LogP contribution < -0.4 is 15.2 Å². The zero-order chi connectivity index (χ0) is 15.4. The molecule has 0 heterocycles. The van der Waals surface area contributed by atoms with Crippen LogP contribution >= 0.6 is 15.9 Å². The zero-order valence-corrected chi connectivity index (χ0v) is 14.1. The fourth-order valence-corrected chi connectivity index (χ4v) is 2.69. The molecule has 4 heteroatoms. The number of methoxy groups -OCH3 is 1. The van der Waals surface area contributed by atoms with E-state index in [1.165, 1.54) is 0 Å². The molecule has 2 aromatic carbocycles. The molecule has 2 aromatic rings. The summed E-state index contributed by atoms with van der Waals surface area (Å²) < 4.78 is 12.1. The van der Waals surface area contributed by atoms with Gasteiger partial charge >= 0.3 is 0 Å². The molecule has 0 spiro atoms. The van der Waals surface area contributed by atoms with Crippen molar-refractivity contribution in [2.24, 2.45) is 5.73 Å². The summed E-state index contributed by atoms with van der Waals surface area (Å²) in [6, 6.07) is 12.0. The van der Waals surface area contributed by atoms with E-state index in [0.717, 1.165) is 32.7 Å². The number of ether oxygens (including phenoxy) is 2. The van der Waals surface area contributed by atoms with Gasteiger partial charge in [0.2, 0.25) is 0 Å². The molecular formula is C17H20BrNO2. The fourth-order valence-electron chi connectivity index (χ4n) is 2.10. The summed E-state index contributed by atoms with van der Waals surface area (Å²) in [5.74, 6) is 1.66. The fraction of sp³-hybridized carbons (Fsp3) is 0.294. The summed E-state index contributed by atoms with van der Waals surface area (Å²) in [7, 11) is 1.65. The number of benzene rings is 2. The molecule has 0 fully saturated rings. The SMILES string of the molecule is COc1ccc(COc2cc(C)ccc2[C@@H](C)N)cc1Br. The van der Waals surface area contributed by atoms with Crippen LogP contribution in [0.3, 0.4) is 0 Å². The quantitative estimate of drug-likeness (QED) is 0.871. The van der Waals surface area contributed by atoms with Crippen molar-refractivity contribution in [1.82, 2.24) is 0 Å². The third-order valence-electron chi connectivity index (χ3n) is 3.27. The van der Waals surface area contributed by atoms with Crippen LogP contribution in [0, 0.1) is 6.92 Å². The topological polar surface area (TPSA) is 44.5 Å². The number of hydrogen-bond acceptors (Lipinski definition) is 3. The van der Waals surface area contributed by atoms with Crippen LogP contribution in [-0.4, -0.2) is 7.11 Å². The van der Waals surface area contributed by atoms with Crippen LogP contribution in [0.25, 0.3) is 0 Å². The highest BCUT2D eigenvalue weighted by Crippen LogP contribution is 2.28. The van der Waals surface area contributed by atoms with Crippen LogP contribution in [0.15, 0.2) is 40.9 Å². The van der Waals surface area contributed by atoms with Gasteiger partial charge in [-0.2, -0.15) is 0 Å². The van der Waals surface area contributed by atoms with Gasteiger partial charge in [-0.05, 0) is 59.1 Å². The van der Waals surface area contributed by atoms with Gasteiger partial charge in [-0.25, -0.2) is 0 Å². The van der Waals surface area contributed by atoms with E-state index in [2.05, 4.69) is 22.0 Å². The molecule has 2 N–H and O–H groups in total. The van der Waals surface area contributed by atoms with E-state index in [9.17, 15) is 0 Å². The molecule has 2 rings (SSSR count). The molecular weight excluding hydrogens is 330 g/mol. The highest BCUT2D eigenvalue weighted by molar-refractivity contribution is 9.10. The summed E-state index contributed by atoms with van der Waals surface area (Å²) in [6.45, 7) is 4.50. The summed E-state index contributed by atoms with van der Waals surface area (Å²) in [5.41, 5.74) is 9.24. The first-order valence-corrected chi connectivity index (χ1v) is 7.62. The van der Waals surface area contributed by atoms with Gasteiger partial charge in [0.25, 0.3) is 0 Å². The van der Waals surface area contributed by atoms with E-state index in [4.69, 9.17) is 15.2 Å². The lowest BCUT2D eigenvalue weighted by Gasteiger charge is -2.15. The normalized spacial score (nSPS) is 12.0. The minimum atomic E-state index is -0.0526. The van der Waals surface area contributed by atoms with Crippen molar-refractivity contribution in [3.05, 3.63) is 57.6 Å². The Labute approximate surface area is 134 Å². The van der Waals surface area contributed by atoms with E-state index in [0.29, 0.717) is 6.61 Å². The third-order valence-corrected chi connectivity index (χ3v) is 3.89. The van der Waals surface area contributed by atoms with Gasteiger partial charge in [0.05, 0.1) is 11.6 Å². The zero-order valence-electron chi connectivity index (χ0n) is 12.5. The van der Waals surface area contributed by atoms with Gasteiger partial charge in [-0.1, -0.05) is 18.2 Å². The molecule has 0 aliphatic rings. The lowest BCUT2D eigenvalue weighted by Crippen LogP contribution is -2.08. The summed E-state index contributed by atoms with van der Waals surface area (Å²) in [4.78, 5) is 0. The maximum Gasteiger partial charge on any atom is 0.133 e. The van der Waals surface area contributed by atoms with Crippen molar-refractivity contribution in [1.29, 1.82) is 0 Å². The highest BCUT2D eigenvalue weighted by Gasteiger charge is 2.09. The Morgan fingerprint density at radius 3 is 2.52 bits per heavy atom. The molecule has 1 atom stereocenters. The minimum Gasteiger partial charge on any atom is -0.496 e. The van der Waals surface area contributed by atoms with Gasteiger partial charge in [0.15, 0.2) is 0 Å². The lowest BCUT2D eigenvalue weighted by molar-refractivity contribution is 0.301. The summed E-state index contributed by atoms with van der Waals surface area (Å²) in [6.07, 6.45) is 0. The molecule has 0 saturated heterocycles. The van der Waals surface area contributed by atoms with E-state index in [1.807, 2.05) is 44.2 Å². The first-order chi connectivity index (χ1) is 10.0. The lowest BCUT2D eigenvalue weighted by atomic mass is 10.1. The van der Waals surface area contributed by atoms with Crippen molar-refractivity contribution in [2.75, 3.05) is 7.11 Å². The largest absolute Gasteiger partial charge is 0.496 e. The standard InChI is InChI=1S/C17H20BrNO2/c1-11-4-6-14(12(2)19)17(8-11)21-10-13-5-7-16(20-3)15(18)9-13/h4-9,12H,10,19H2,1-3H3/t12-/m1/s1. The first kappa shape index (κ1) is 15.9. The smallest absolute Gasteiger partial charge is 0.133 e. The second kappa shape index (κ2) is 6.96. The van der Waals surface area contributed by atoms with E-state index in [-0.39, 0.29) is 6.04 Å². The maximum atomic E-state index is 5.99. The number of halogens is 1. The van der Waals surface area contributed by atoms with Crippen LogP contribution in [-0.2, 0) is 6.61 Å².